The van der Waals surface area contributed by atoms with Crippen molar-refractivity contribution in [1.82, 2.24) is 10.5 Å². The van der Waals surface area contributed by atoms with Gasteiger partial charge in [-0.05, 0) is 25.5 Å². The van der Waals surface area contributed by atoms with Crippen molar-refractivity contribution in [1.29, 1.82) is 0 Å². The van der Waals surface area contributed by atoms with Crippen molar-refractivity contribution in [3.63, 3.8) is 0 Å². The number of ether oxygens (including phenoxy) is 1. The number of rotatable bonds is 7. The fourth-order valence-electron chi connectivity index (χ4n) is 2.13. The molecule has 0 aliphatic rings. The van der Waals surface area contributed by atoms with Gasteiger partial charge in [0, 0.05) is 11.8 Å². The topological polar surface area (TPSA) is 111 Å². The van der Waals surface area contributed by atoms with Gasteiger partial charge in [0.05, 0.1) is 12.2 Å². The van der Waals surface area contributed by atoms with E-state index in [1.165, 1.54) is 6.07 Å². The summed E-state index contributed by atoms with van der Waals surface area (Å²) >= 11 is 0. The molecule has 0 saturated carbocycles. The summed E-state index contributed by atoms with van der Waals surface area (Å²) in [5.41, 5.74) is 0.625. The number of hydrogen-bond acceptors (Lipinski definition) is 6. The Balaban J connectivity index is 1.78. The minimum Gasteiger partial charge on any atom is -0.452 e. The lowest BCUT2D eigenvalue weighted by atomic mass is 10.1. The molecule has 0 bridgehead atoms. The summed E-state index contributed by atoms with van der Waals surface area (Å²) < 4.78 is 35.7. The number of nitrogens with zero attached hydrogens (tertiary/aromatic N) is 1. The molecular weight excluding hydrogens is 364 g/mol. The number of aryl methyl sites for hydroxylation is 2. The molecule has 2 N–H and O–H groups in total. The first-order chi connectivity index (χ1) is 12.8. The quantitative estimate of drug-likeness (QED) is 0.707. The first-order valence-corrected chi connectivity index (χ1v) is 7.95. The van der Waals surface area contributed by atoms with Crippen molar-refractivity contribution in [3.8, 4) is 0 Å². The third-order valence-electron chi connectivity index (χ3n) is 3.46. The highest BCUT2D eigenvalue weighted by atomic mass is 19.2. The Morgan fingerprint density at radius 1 is 1.19 bits per heavy atom. The number of anilines is 1. The number of esters is 1. The molecular formula is C17H17F2N3O5. The SMILES string of the molecule is CCc1noc(C)c1C(=O)OCC(=O)NCC(=O)Nc1ccc(F)c(F)c1. The molecule has 1 heterocycles. The molecule has 2 aromatic rings. The Kier molecular flexibility index (Phi) is 6.58. The van der Waals surface area contributed by atoms with E-state index >= 15 is 0 Å². The summed E-state index contributed by atoms with van der Waals surface area (Å²) in [6.45, 7) is 2.28. The van der Waals surface area contributed by atoms with Crippen LogP contribution < -0.4 is 10.6 Å². The number of carbonyl (C=O) groups is 3. The molecule has 27 heavy (non-hydrogen) atoms. The highest BCUT2D eigenvalue weighted by molar-refractivity contribution is 5.96. The maximum Gasteiger partial charge on any atom is 0.344 e. The van der Waals surface area contributed by atoms with E-state index in [-0.39, 0.29) is 17.0 Å². The maximum atomic E-state index is 13.1. The summed E-state index contributed by atoms with van der Waals surface area (Å²) in [6.07, 6.45) is 0.456. The lowest BCUT2D eigenvalue weighted by Crippen LogP contribution is -2.35. The van der Waals surface area contributed by atoms with Crippen LogP contribution in [0.4, 0.5) is 14.5 Å². The molecule has 1 aromatic heterocycles. The summed E-state index contributed by atoms with van der Waals surface area (Å²) in [6, 6.07) is 2.84. The van der Waals surface area contributed by atoms with Crippen LogP contribution in [0.15, 0.2) is 22.7 Å². The highest BCUT2D eigenvalue weighted by Crippen LogP contribution is 2.15. The molecule has 0 spiro atoms. The largest absolute Gasteiger partial charge is 0.452 e. The Bertz CT molecular complexity index is 866. The van der Waals surface area contributed by atoms with Crippen molar-refractivity contribution in [2.75, 3.05) is 18.5 Å². The van der Waals surface area contributed by atoms with Crippen molar-refractivity contribution < 1.29 is 32.4 Å². The summed E-state index contributed by atoms with van der Waals surface area (Å²) in [5, 5.41) is 8.24. The van der Waals surface area contributed by atoms with Crippen LogP contribution in [0.3, 0.4) is 0 Å². The minimum atomic E-state index is -1.11. The normalized spacial score (nSPS) is 10.4. The molecule has 0 atom stereocenters. The monoisotopic (exact) mass is 381 g/mol. The van der Waals surface area contributed by atoms with Crippen molar-refractivity contribution in [2.45, 2.75) is 20.3 Å². The van der Waals surface area contributed by atoms with Gasteiger partial charge in [-0.25, -0.2) is 13.6 Å². The van der Waals surface area contributed by atoms with Crippen molar-refractivity contribution >= 4 is 23.5 Å². The second-order valence-electron chi connectivity index (χ2n) is 5.44. The van der Waals surface area contributed by atoms with E-state index in [0.29, 0.717) is 12.1 Å². The zero-order valence-corrected chi connectivity index (χ0v) is 14.6. The van der Waals surface area contributed by atoms with Crippen molar-refractivity contribution in [3.05, 3.63) is 46.9 Å². The predicted molar refractivity (Wildman–Crippen MR) is 88.9 cm³/mol. The van der Waals surface area contributed by atoms with Crippen LogP contribution in [-0.2, 0) is 20.7 Å². The van der Waals surface area contributed by atoms with Gasteiger partial charge < -0.3 is 19.9 Å². The number of carbonyl (C=O) groups excluding carboxylic acids is 3. The van der Waals surface area contributed by atoms with Crippen LogP contribution in [0, 0.1) is 18.6 Å². The Hall–Kier alpha value is -3.30. The van der Waals surface area contributed by atoms with Crippen LogP contribution in [0.2, 0.25) is 0 Å². The number of halogens is 2. The first-order valence-electron chi connectivity index (χ1n) is 7.95. The van der Waals surface area contributed by atoms with E-state index in [1.54, 1.807) is 13.8 Å². The Labute approximate surface area is 152 Å². The lowest BCUT2D eigenvalue weighted by molar-refractivity contribution is -0.126. The molecule has 0 saturated heterocycles. The van der Waals surface area contributed by atoms with Crippen LogP contribution in [0.25, 0.3) is 0 Å². The van der Waals surface area contributed by atoms with Crippen LogP contribution in [-0.4, -0.2) is 36.1 Å². The molecule has 144 valence electrons. The van der Waals surface area contributed by atoms with Crippen LogP contribution in [0.5, 0.6) is 0 Å². The van der Waals surface area contributed by atoms with E-state index in [9.17, 15) is 23.2 Å². The average Bonchev–Trinajstić information content (AvgIpc) is 3.01. The molecule has 0 radical (unpaired) electrons. The first kappa shape index (κ1) is 20.0. The van der Waals surface area contributed by atoms with Crippen molar-refractivity contribution in [2.24, 2.45) is 0 Å². The number of nitrogens with one attached hydrogen (secondary N) is 2. The van der Waals surface area contributed by atoms with Gasteiger partial charge in [0.2, 0.25) is 5.91 Å². The third-order valence-corrected chi connectivity index (χ3v) is 3.46. The Morgan fingerprint density at radius 3 is 2.59 bits per heavy atom. The molecule has 2 rings (SSSR count). The summed E-state index contributed by atoms with van der Waals surface area (Å²) in [7, 11) is 0. The molecule has 0 fully saturated rings. The van der Waals surface area contributed by atoms with Gasteiger partial charge >= 0.3 is 5.97 Å². The number of hydrogen-bond donors (Lipinski definition) is 2. The molecule has 0 unspecified atom stereocenters. The molecule has 10 heteroatoms. The van der Waals surface area contributed by atoms with Gasteiger partial charge in [0.25, 0.3) is 5.91 Å². The van der Waals surface area contributed by atoms with Crippen LogP contribution >= 0.6 is 0 Å². The second-order valence-corrected chi connectivity index (χ2v) is 5.44. The maximum absolute atomic E-state index is 13.1. The van der Waals surface area contributed by atoms with E-state index < -0.39 is 42.6 Å². The van der Waals surface area contributed by atoms with Gasteiger partial charge in [-0.15, -0.1) is 0 Å². The molecule has 1 aromatic carbocycles. The fraction of sp³-hybridized carbons (Fsp3) is 0.294. The minimum absolute atomic E-state index is 0.0367. The van der Waals surface area contributed by atoms with Gasteiger partial charge in [0.15, 0.2) is 18.2 Å². The van der Waals surface area contributed by atoms with Gasteiger partial charge in [-0.3, -0.25) is 9.59 Å². The smallest absolute Gasteiger partial charge is 0.344 e. The predicted octanol–water partition coefficient (Wildman–Crippen LogP) is 1.74. The molecule has 0 aliphatic carbocycles. The highest BCUT2D eigenvalue weighted by Gasteiger charge is 2.21. The Morgan fingerprint density at radius 2 is 1.93 bits per heavy atom. The zero-order valence-electron chi connectivity index (χ0n) is 14.6. The van der Waals surface area contributed by atoms with Gasteiger partial charge in [-0.2, -0.15) is 0 Å². The van der Waals surface area contributed by atoms with Crippen LogP contribution in [0.1, 0.15) is 28.7 Å². The average molecular weight is 381 g/mol. The zero-order chi connectivity index (χ0) is 20.0. The summed E-state index contributed by atoms with van der Waals surface area (Å²) in [5.74, 6) is -4.01. The molecule has 0 aliphatic heterocycles. The molecule has 8 nitrogen and oxygen atoms in total. The fourth-order valence-corrected chi connectivity index (χ4v) is 2.13. The standard InChI is InChI=1S/C17H17F2N3O5/c1-3-13-16(9(2)27-22-13)17(25)26-8-15(24)20-7-14(23)21-10-4-5-11(18)12(19)6-10/h4-6H,3,7-8H2,1-2H3,(H,20,24)(H,21,23). The second kappa shape index (κ2) is 8.88. The number of amides is 2. The third kappa shape index (κ3) is 5.33. The lowest BCUT2D eigenvalue weighted by Gasteiger charge is -2.08. The van der Waals surface area contributed by atoms with Gasteiger partial charge in [0.1, 0.15) is 11.3 Å². The number of benzene rings is 1. The molecule has 2 amide bonds. The van der Waals surface area contributed by atoms with Gasteiger partial charge in [-0.1, -0.05) is 12.1 Å². The number of aromatic nitrogens is 1. The van der Waals surface area contributed by atoms with E-state index in [1.807, 2.05) is 0 Å². The van der Waals surface area contributed by atoms with E-state index in [0.717, 1.165) is 12.1 Å². The van der Waals surface area contributed by atoms with E-state index in [2.05, 4.69) is 15.8 Å². The summed E-state index contributed by atoms with van der Waals surface area (Å²) in [4.78, 5) is 35.4. The van der Waals surface area contributed by atoms with E-state index in [4.69, 9.17) is 9.26 Å².